The summed E-state index contributed by atoms with van der Waals surface area (Å²) >= 11 is 0. The highest BCUT2D eigenvalue weighted by Crippen LogP contribution is 2.31. The molecule has 140 valence electrons. The molecule has 0 N–H and O–H groups in total. The number of benzene rings is 2. The first-order valence-electron chi connectivity index (χ1n) is 8.37. The van der Waals surface area contributed by atoms with Crippen molar-refractivity contribution in [2.24, 2.45) is 0 Å². The second kappa shape index (κ2) is 9.08. The third-order valence-corrected chi connectivity index (χ3v) is 3.98. The third kappa shape index (κ3) is 4.59. The molecule has 3 rings (SSSR count). The van der Waals surface area contributed by atoms with Crippen LogP contribution < -0.4 is 9.47 Å². The Kier molecular flexibility index (Phi) is 6.31. The second-order valence-corrected chi connectivity index (χ2v) is 5.73. The van der Waals surface area contributed by atoms with Gasteiger partial charge in [0.15, 0.2) is 6.79 Å². The van der Waals surface area contributed by atoms with Gasteiger partial charge in [0.05, 0.1) is 13.7 Å². The van der Waals surface area contributed by atoms with E-state index >= 15 is 0 Å². The van der Waals surface area contributed by atoms with Gasteiger partial charge in [-0.1, -0.05) is 24.0 Å². The van der Waals surface area contributed by atoms with Crippen molar-refractivity contribution in [3.05, 3.63) is 58.7 Å². The number of rotatable bonds is 7. The standard InChI is InChI=1S/C21H20O6/c1-23-14-27-19-10-7-16(18-13-26-21(22)20(18)19)4-3-11-25-12-15-5-8-17(24-2)9-6-15/h5-10H,11-14H2,1-2H3. The SMILES string of the molecule is COCOc1ccc(C#CCOCc2ccc(OC)cc2)c2c1C(=O)OC2. The average molecular weight is 368 g/mol. The molecule has 0 saturated carbocycles. The Labute approximate surface area is 157 Å². The molecule has 1 heterocycles. The van der Waals surface area contributed by atoms with Crippen LogP contribution in [0.25, 0.3) is 0 Å². The van der Waals surface area contributed by atoms with Gasteiger partial charge < -0.3 is 23.7 Å². The smallest absolute Gasteiger partial charge is 0.342 e. The highest BCUT2D eigenvalue weighted by atomic mass is 16.7. The topological polar surface area (TPSA) is 63.2 Å². The number of fused-ring (bicyclic) bond motifs is 1. The fraction of sp³-hybridized carbons (Fsp3) is 0.286. The maximum Gasteiger partial charge on any atom is 0.342 e. The van der Waals surface area contributed by atoms with Crippen LogP contribution in [0.2, 0.25) is 0 Å². The van der Waals surface area contributed by atoms with Crippen molar-refractivity contribution in [2.75, 3.05) is 27.6 Å². The summed E-state index contributed by atoms with van der Waals surface area (Å²) in [5.74, 6) is 6.85. The van der Waals surface area contributed by atoms with Crippen LogP contribution >= 0.6 is 0 Å². The molecule has 6 heteroatoms. The summed E-state index contributed by atoms with van der Waals surface area (Å²) < 4.78 is 26.1. The van der Waals surface area contributed by atoms with E-state index in [1.165, 1.54) is 7.11 Å². The predicted octanol–water partition coefficient (Wildman–Crippen LogP) is 2.92. The Bertz CT molecular complexity index is 861. The van der Waals surface area contributed by atoms with Crippen LogP contribution in [-0.4, -0.2) is 33.6 Å². The molecular formula is C21H20O6. The van der Waals surface area contributed by atoms with Crippen LogP contribution in [0.1, 0.15) is 27.0 Å². The van der Waals surface area contributed by atoms with Gasteiger partial charge in [-0.05, 0) is 29.8 Å². The first-order chi connectivity index (χ1) is 13.2. The summed E-state index contributed by atoms with van der Waals surface area (Å²) in [7, 11) is 3.15. The fourth-order valence-corrected chi connectivity index (χ4v) is 2.64. The molecule has 0 spiro atoms. The van der Waals surface area contributed by atoms with Crippen LogP contribution in [0.3, 0.4) is 0 Å². The minimum absolute atomic E-state index is 0.0595. The largest absolute Gasteiger partial charge is 0.497 e. The van der Waals surface area contributed by atoms with Crippen molar-refractivity contribution >= 4 is 5.97 Å². The van der Waals surface area contributed by atoms with E-state index in [1.807, 2.05) is 30.3 Å². The monoisotopic (exact) mass is 368 g/mol. The number of methoxy groups -OCH3 is 2. The van der Waals surface area contributed by atoms with Crippen LogP contribution in [0, 0.1) is 11.8 Å². The average Bonchev–Trinajstić information content (AvgIpc) is 3.09. The molecule has 0 unspecified atom stereocenters. The molecule has 0 fully saturated rings. The van der Waals surface area contributed by atoms with Crippen LogP contribution in [0.15, 0.2) is 36.4 Å². The molecule has 0 saturated heterocycles. The lowest BCUT2D eigenvalue weighted by Gasteiger charge is -2.08. The van der Waals surface area contributed by atoms with E-state index < -0.39 is 5.97 Å². The third-order valence-electron chi connectivity index (χ3n) is 3.98. The number of carbonyl (C=O) groups is 1. The molecule has 0 radical (unpaired) electrons. The molecule has 0 aromatic heterocycles. The van der Waals surface area contributed by atoms with Crippen LogP contribution in [0.5, 0.6) is 11.5 Å². The van der Waals surface area contributed by atoms with Crippen molar-refractivity contribution in [3.8, 4) is 23.3 Å². The van der Waals surface area contributed by atoms with Gasteiger partial charge in [0.25, 0.3) is 0 Å². The van der Waals surface area contributed by atoms with Crippen molar-refractivity contribution in [1.29, 1.82) is 0 Å². The second-order valence-electron chi connectivity index (χ2n) is 5.73. The summed E-state index contributed by atoms with van der Waals surface area (Å²) in [6, 6.07) is 11.2. The van der Waals surface area contributed by atoms with Gasteiger partial charge in [0.2, 0.25) is 0 Å². The predicted molar refractivity (Wildman–Crippen MR) is 97.6 cm³/mol. The Balaban J connectivity index is 1.62. The summed E-state index contributed by atoms with van der Waals surface area (Å²) in [5, 5.41) is 0. The molecule has 0 amide bonds. The number of ether oxygens (including phenoxy) is 5. The molecule has 0 bridgehead atoms. The van der Waals surface area contributed by atoms with Gasteiger partial charge in [0.1, 0.15) is 30.3 Å². The Morgan fingerprint density at radius 3 is 2.67 bits per heavy atom. The van der Waals surface area contributed by atoms with E-state index in [9.17, 15) is 4.79 Å². The fourth-order valence-electron chi connectivity index (χ4n) is 2.64. The number of esters is 1. The zero-order valence-corrected chi connectivity index (χ0v) is 15.2. The lowest BCUT2D eigenvalue weighted by Crippen LogP contribution is -2.05. The minimum atomic E-state index is -0.407. The Morgan fingerprint density at radius 2 is 1.93 bits per heavy atom. The lowest BCUT2D eigenvalue weighted by molar-refractivity contribution is 0.0460. The van der Waals surface area contributed by atoms with E-state index in [0.29, 0.717) is 17.9 Å². The van der Waals surface area contributed by atoms with Gasteiger partial charge in [-0.2, -0.15) is 0 Å². The molecule has 0 aliphatic carbocycles. The molecule has 6 nitrogen and oxygen atoms in total. The van der Waals surface area contributed by atoms with Gasteiger partial charge in [-0.25, -0.2) is 4.79 Å². The minimum Gasteiger partial charge on any atom is -0.497 e. The van der Waals surface area contributed by atoms with Crippen molar-refractivity contribution in [3.63, 3.8) is 0 Å². The number of hydrogen-bond donors (Lipinski definition) is 0. The van der Waals surface area contributed by atoms with Gasteiger partial charge >= 0.3 is 5.97 Å². The van der Waals surface area contributed by atoms with E-state index in [-0.39, 0.29) is 20.0 Å². The zero-order valence-electron chi connectivity index (χ0n) is 15.2. The molecule has 27 heavy (non-hydrogen) atoms. The molecule has 1 aliphatic rings. The van der Waals surface area contributed by atoms with Gasteiger partial charge in [-0.15, -0.1) is 0 Å². The number of cyclic esters (lactones) is 1. The van der Waals surface area contributed by atoms with Gasteiger partial charge in [0, 0.05) is 18.2 Å². The summed E-state index contributed by atoms with van der Waals surface area (Å²) in [6.07, 6.45) is 0. The van der Waals surface area contributed by atoms with E-state index in [0.717, 1.165) is 22.4 Å². The van der Waals surface area contributed by atoms with Crippen molar-refractivity contribution < 1.29 is 28.5 Å². The molecular weight excluding hydrogens is 348 g/mol. The van der Waals surface area contributed by atoms with Crippen LogP contribution in [0.4, 0.5) is 0 Å². The number of carbonyl (C=O) groups excluding carboxylic acids is 1. The first-order valence-corrected chi connectivity index (χ1v) is 8.37. The molecule has 1 aliphatic heterocycles. The number of hydrogen-bond acceptors (Lipinski definition) is 6. The summed E-state index contributed by atoms with van der Waals surface area (Å²) in [6.45, 7) is 0.985. The first kappa shape index (κ1) is 18.8. The summed E-state index contributed by atoms with van der Waals surface area (Å²) in [4.78, 5) is 12.0. The normalized spacial score (nSPS) is 12.0. The highest BCUT2D eigenvalue weighted by molar-refractivity contribution is 5.97. The maximum absolute atomic E-state index is 12.0. The highest BCUT2D eigenvalue weighted by Gasteiger charge is 2.28. The molecule has 2 aromatic rings. The van der Waals surface area contributed by atoms with E-state index in [2.05, 4.69) is 11.8 Å². The van der Waals surface area contributed by atoms with Crippen molar-refractivity contribution in [2.45, 2.75) is 13.2 Å². The van der Waals surface area contributed by atoms with E-state index in [4.69, 9.17) is 23.7 Å². The Morgan fingerprint density at radius 1 is 1.11 bits per heavy atom. The molecule has 0 atom stereocenters. The van der Waals surface area contributed by atoms with Crippen LogP contribution in [-0.2, 0) is 27.4 Å². The zero-order chi connectivity index (χ0) is 19.1. The van der Waals surface area contributed by atoms with Crippen molar-refractivity contribution in [1.82, 2.24) is 0 Å². The van der Waals surface area contributed by atoms with E-state index in [1.54, 1.807) is 13.2 Å². The lowest BCUT2D eigenvalue weighted by atomic mass is 10.0. The summed E-state index contributed by atoms with van der Waals surface area (Å²) in [5.41, 5.74) is 2.92. The Hall–Kier alpha value is -3.01. The maximum atomic E-state index is 12.0. The molecule has 2 aromatic carbocycles. The van der Waals surface area contributed by atoms with Gasteiger partial charge in [-0.3, -0.25) is 0 Å². The quantitative estimate of drug-likeness (QED) is 0.324.